The third-order valence-electron chi connectivity index (χ3n) is 5.25. The van der Waals surface area contributed by atoms with Gasteiger partial charge in [-0.3, -0.25) is 0 Å². The van der Waals surface area contributed by atoms with Gasteiger partial charge >= 0.3 is 6.03 Å². The van der Waals surface area contributed by atoms with E-state index in [2.05, 4.69) is 39.5 Å². The monoisotopic (exact) mass is 373 g/mol. The van der Waals surface area contributed by atoms with E-state index in [-0.39, 0.29) is 24.2 Å². The van der Waals surface area contributed by atoms with Crippen LogP contribution in [0.5, 0.6) is 0 Å². The normalized spacial score (nSPS) is 24.8. The molecule has 4 heterocycles. The Morgan fingerprint density at radius 3 is 2.93 bits per heavy atom. The quantitative estimate of drug-likeness (QED) is 0.841. The molecule has 4 rings (SSSR count). The van der Waals surface area contributed by atoms with Crippen molar-refractivity contribution in [2.45, 2.75) is 63.8 Å². The predicted octanol–water partition coefficient (Wildman–Crippen LogP) is 1.28. The average Bonchev–Trinajstić information content (AvgIpc) is 3.33. The number of aryl methyl sites for hydroxylation is 2. The maximum atomic E-state index is 12.5. The van der Waals surface area contributed by atoms with Gasteiger partial charge in [-0.25, -0.2) is 19.4 Å². The Balaban J connectivity index is 1.35. The van der Waals surface area contributed by atoms with E-state index in [0.717, 1.165) is 36.7 Å². The molecular formula is C18H27N7O2. The van der Waals surface area contributed by atoms with Crippen LogP contribution in [0.1, 0.15) is 56.2 Å². The number of nitrogens with zero attached hydrogens (tertiary/aromatic N) is 5. The van der Waals surface area contributed by atoms with Crippen molar-refractivity contribution in [2.75, 3.05) is 6.61 Å². The molecule has 0 bridgehead atoms. The molecule has 3 atom stereocenters. The van der Waals surface area contributed by atoms with Crippen molar-refractivity contribution < 1.29 is 9.53 Å². The minimum Gasteiger partial charge on any atom is -0.368 e. The molecule has 9 nitrogen and oxygen atoms in total. The van der Waals surface area contributed by atoms with E-state index >= 15 is 0 Å². The number of fused-ring (bicyclic) bond motifs is 1. The van der Waals surface area contributed by atoms with Crippen LogP contribution in [0.3, 0.4) is 0 Å². The summed E-state index contributed by atoms with van der Waals surface area (Å²) in [6.07, 6.45) is 5.90. The van der Waals surface area contributed by atoms with Crippen LogP contribution in [-0.4, -0.2) is 49.0 Å². The third kappa shape index (κ3) is 3.69. The zero-order valence-electron chi connectivity index (χ0n) is 16.1. The molecule has 9 heteroatoms. The number of amides is 2. The number of ether oxygens (including phenoxy) is 1. The molecule has 0 aromatic carbocycles. The highest BCUT2D eigenvalue weighted by atomic mass is 16.5. The van der Waals surface area contributed by atoms with Gasteiger partial charge in [-0.05, 0) is 12.8 Å². The number of rotatable bonds is 4. The lowest BCUT2D eigenvalue weighted by molar-refractivity contribution is 0.0906. The first-order valence-corrected chi connectivity index (χ1v) is 9.60. The molecule has 0 spiro atoms. The lowest BCUT2D eigenvalue weighted by Crippen LogP contribution is -2.49. The van der Waals surface area contributed by atoms with Gasteiger partial charge in [-0.1, -0.05) is 13.8 Å². The average molecular weight is 373 g/mol. The molecule has 2 aliphatic heterocycles. The number of carbonyl (C=O) groups excluding carboxylic acids is 1. The second-order valence-corrected chi connectivity index (χ2v) is 7.66. The minimum absolute atomic E-state index is 0.0492. The van der Waals surface area contributed by atoms with Gasteiger partial charge in [0.15, 0.2) is 5.82 Å². The van der Waals surface area contributed by atoms with E-state index in [4.69, 9.17) is 4.74 Å². The summed E-state index contributed by atoms with van der Waals surface area (Å²) in [4.78, 5) is 21.5. The van der Waals surface area contributed by atoms with Crippen molar-refractivity contribution >= 4 is 6.03 Å². The predicted molar refractivity (Wildman–Crippen MR) is 98.2 cm³/mol. The summed E-state index contributed by atoms with van der Waals surface area (Å²) >= 11 is 0. The number of carbonyl (C=O) groups is 1. The van der Waals surface area contributed by atoms with Crippen LogP contribution in [0, 0.1) is 0 Å². The van der Waals surface area contributed by atoms with Gasteiger partial charge in [-0.2, -0.15) is 5.10 Å². The Morgan fingerprint density at radius 1 is 1.33 bits per heavy atom. The Hall–Kier alpha value is -2.42. The Bertz CT molecular complexity index is 812. The molecule has 2 amide bonds. The molecule has 1 unspecified atom stereocenters. The first kappa shape index (κ1) is 18.0. The van der Waals surface area contributed by atoms with Gasteiger partial charge in [0.1, 0.15) is 17.8 Å². The van der Waals surface area contributed by atoms with E-state index in [1.54, 1.807) is 6.20 Å². The molecule has 0 saturated carbocycles. The molecule has 0 aliphatic carbocycles. The molecule has 2 aromatic rings. The summed E-state index contributed by atoms with van der Waals surface area (Å²) in [7, 11) is 1.93. The van der Waals surface area contributed by atoms with Crippen LogP contribution in [0.25, 0.3) is 0 Å². The molecule has 2 aromatic heterocycles. The van der Waals surface area contributed by atoms with Gasteiger partial charge in [0.2, 0.25) is 0 Å². The first-order valence-electron chi connectivity index (χ1n) is 9.60. The number of nitrogens with one attached hydrogen (secondary N) is 2. The highest BCUT2D eigenvalue weighted by molar-refractivity contribution is 5.74. The van der Waals surface area contributed by atoms with E-state index in [0.29, 0.717) is 19.1 Å². The zero-order valence-corrected chi connectivity index (χ0v) is 16.1. The van der Waals surface area contributed by atoms with Crippen LogP contribution >= 0.6 is 0 Å². The molecule has 1 fully saturated rings. The third-order valence-corrected chi connectivity index (χ3v) is 5.25. The Morgan fingerprint density at radius 2 is 2.19 bits per heavy atom. The van der Waals surface area contributed by atoms with Crippen LogP contribution in [-0.2, 0) is 24.8 Å². The summed E-state index contributed by atoms with van der Waals surface area (Å²) in [5.74, 6) is 3.03. The lowest BCUT2D eigenvalue weighted by atomic mass is 10.1. The number of imidazole rings is 1. The fourth-order valence-electron chi connectivity index (χ4n) is 3.73. The van der Waals surface area contributed by atoms with Gasteiger partial charge in [0.25, 0.3) is 0 Å². The minimum atomic E-state index is -0.211. The lowest BCUT2D eigenvalue weighted by Gasteiger charge is -2.25. The Kier molecular flexibility index (Phi) is 4.86. The van der Waals surface area contributed by atoms with Crippen molar-refractivity contribution in [2.24, 2.45) is 7.05 Å². The second-order valence-electron chi connectivity index (χ2n) is 7.66. The van der Waals surface area contributed by atoms with Gasteiger partial charge in [0.05, 0.1) is 18.6 Å². The van der Waals surface area contributed by atoms with Crippen molar-refractivity contribution in [1.82, 2.24) is 34.9 Å². The van der Waals surface area contributed by atoms with Gasteiger partial charge in [-0.15, -0.1) is 0 Å². The largest absolute Gasteiger partial charge is 0.368 e. The summed E-state index contributed by atoms with van der Waals surface area (Å²) in [5.41, 5.74) is 0. The molecule has 0 radical (unpaired) electrons. The van der Waals surface area contributed by atoms with Crippen LogP contribution < -0.4 is 10.6 Å². The van der Waals surface area contributed by atoms with E-state index in [9.17, 15) is 4.79 Å². The van der Waals surface area contributed by atoms with Crippen molar-refractivity contribution in [1.29, 1.82) is 0 Å². The van der Waals surface area contributed by atoms with E-state index in [1.807, 2.05) is 22.5 Å². The van der Waals surface area contributed by atoms with E-state index < -0.39 is 0 Å². The summed E-state index contributed by atoms with van der Waals surface area (Å²) in [6.45, 7) is 5.46. The van der Waals surface area contributed by atoms with Crippen molar-refractivity contribution in [3.8, 4) is 0 Å². The van der Waals surface area contributed by atoms with Crippen LogP contribution in [0.2, 0.25) is 0 Å². The molecule has 2 aliphatic rings. The number of hydrogen-bond acceptors (Lipinski definition) is 5. The van der Waals surface area contributed by atoms with Crippen molar-refractivity contribution in [3.63, 3.8) is 0 Å². The zero-order chi connectivity index (χ0) is 19.0. The topological polar surface area (TPSA) is 98.9 Å². The fraction of sp³-hybridized carbons (Fsp3) is 0.667. The summed E-state index contributed by atoms with van der Waals surface area (Å²) < 4.78 is 9.67. The van der Waals surface area contributed by atoms with Crippen LogP contribution in [0.4, 0.5) is 4.79 Å². The number of aromatic nitrogens is 5. The summed E-state index contributed by atoms with van der Waals surface area (Å²) in [5, 5.41) is 10.7. The summed E-state index contributed by atoms with van der Waals surface area (Å²) in [6, 6.07) is -0.195. The molecule has 146 valence electrons. The van der Waals surface area contributed by atoms with Gasteiger partial charge in [0, 0.05) is 38.4 Å². The Labute approximate surface area is 158 Å². The second kappa shape index (κ2) is 7.30. The standard InChI is InChI=1S/C18H27N7O2/c1-11(2)16-22-14-5-4-12(10-25(14)23-16)20-18(26)21-13-6-9-27-15(13)17-19-7-8-24(17)3/h7-8,11-13,15H,4-6,9-10H2,1-3H3,(H2,20,21,26)/t12?,13-,15-/m1/s1. The molecule has 1 saturated heterocycles. The maximum absolute atomic E-state index is 12.5. The SMILES string of the molecule is CC(C)c1nc2n(n1)CC(NC(=O)N[C@@H]1CCO[C@H]1c1nccn1C)CC2. The fourth-order valence-corrected chi connectivity index (χ4v) is 3.73. The highest BCUT2D eigenvalue weighted by Gasteiger charge is 2.34. The number of urea groups is 1. The number of hydrogen-bond donors (Lipinski definition) is 2. The molecular weight excluding hydrogens is 346 g/mol. The van der Waals surface area contributed by atoms with Crippen molar-refractivity contribution in [3.05, 3.63) is 29.9 Å². The van der Waals surface area contributed by atoms with Gasteiger partial charge < -0.3 is 19.9 Å². The highest BCUT2D eigenvalue weighted by Crippen LogP contribution is 2.27. The van der Waals surface area contributed by atoms with Crippen LogP contribution in [0.15, 0.2) is 12.4 Å². The molecule has 2 N–H and O–H groups in total. The van der Waals surface area contributed by atoms with E-state index in [1.165, 1.54) is 0 Å². The first-order chi connectivity index (χ1) is 13.0. The smallest absolute Gasteiger partial charge is 0.315 e. The maximum Gasteiger partial charge on any atom is 0.315 e. The molecule has 27 heavy (non-hydrogen) atoms.